The molecule has 0 spiro atoms. The SMILES string of the molecule is CC/C=C\C/C=C\C/C=C\C/C=C\C/C=C\CCCCCCCCCCOCC(COC1OC(COC2OC(CO)C(O)C(O)C2O)C(O)C(O)C1O)OC(=O)CCCCCCCCC. The van der Waals surface area contributed by atoms with E-state index in [0.29, 0.717) is 13.0 Å². The molecule has 11 atom stereocenters. The predicted octanol–water partition coefficient (Wildman–Crippen LogP) is 6.96. The zero-order valence-corrected chi connectivity index (χ0v) is 39.7. The van der Waals surface area contributed by atoms with Crippen molar-refractivity contribution in [3.8, 4) is 0 Å². The van der Waals surface area contributed by atoms with Crippen molar-refractivity contribution in [2.45, 2.75) is 223 Å². The molecule has 0 aromatic rings. The van der Waals surface area contributed by atoms with Crippen LogP contribution in [-0.4, -0.2) is 142 Å². The quantitative estimate of drug-likeness (QED) is 0.0190. The number of aliphatic hydroxyl groups is 7. The fourth-order valence-electron chi connectivity index (χ4n) is 7.49. The molecular weight excluding hydrogens is 837 g/mol. The Morgan fingerprint density at radius 1 is 0.523 bits per heavy atom. The third-order valence-corrected chi connectivity index (χ3v) is 11.5. The number of carbonyl (C=O) groups excluding carboxylic acids is 1. The molecule has 11 unspecified atom stereocenters. The summed E-state index contributed by atoms with van der Waals surface area (Å²) in [5.41, 5.74) is 0. The molecule has 0 amide bonds. The highest BCUT2D eigenvalue weighted by Crippen LogP contribution is 2.26. The molecule has 0 aromatic heterocycles. The third-order valence-electron chi connectivity index (χ3n) is 11.5. The van der Waals surface area contributed by atoms with Gasteiger partial charge in [-0.05, 0) is 57.8 Å². The number of ether oxygens (including phenoxy) is 6. The Labute approximate surface area is 390 Å². The van der Waals surface area contributed by atoms with Gasteiger partial charge in [-0.25, -0.2) is 0 Å². The van der Waals surface area contributed by atoms with Crippen molar-refractivity contribution < 1.29 is 69.0 Å². The first-order valence-corrected chi connectivity index (χ1v) is 24.9. The van der Waals surface area contributed by atoms with E-state index < -0.39 is 80.7 Å². The maximum absolute atomic E-state index is 12.9. The van der Waals surface area contributed by atoms with E-state index in [1.54, 1.807) is 0 Å². The summed E-state index contributed by atoms with van der Waals surface area (Å²) in [6.07, 6.45) is 28.9. The molecule has 0 radical (unpaired) electrons. The van der Waals surface area contributed by atoms with Crippen molar-refractivity contribution >= 4 is 5.97 Å². The van der Waals surface area contributed by atoms with Crippen molar-refractivity contribution in [3.05, 3.63) is 60.8 Å². The summed E-state index contributed by atoms with van der Waals surface area (Å²) in [6, 6.07) is 0. The van der Waals surface area contributed by atoms with E-state index in [1.807, 2.05) is 0 Å². The highest BCUT2D eigenvalue weighted by atomic mass is 16.7. The van der Waals surface area contributed by atoms with Crippen molar-refractivity contribution in [2.75, 3.05) is 33.0 Å². The Morgan fingerprint density at radius 2 is 1.00 bits per heavy atom. The van der Waals surface area contributed by atoms with Gasteiger partial charge in [0.05, 0.1) is 26.4 Å². The predicted molar refractivity (Wildman–Crippen MR) is 252 cm³/mol. The monoisotopic (exact) mass is 925 g/mol. The molecule has 2 rings (SSSR count). The number of allylic oxidation sites excluding steroid dienone is 10. The molecular formula is C51H88O14. The number of hydrogen-bond donors (Lipinski definition) is 7. The summed E-state index contributed by atoms with van der Waals surface area (Å²) in [5.74, 6) is -0.389. The van der Waals surface area contributed by atoms with Gasteiger partial charge < -0.3 is 64.2 Å². The van der Waals surface area contributed by atoms with Gasteiger partial charge in [0.25, 0.3) is 0 Å². The van der Waals surface area contributed by atoms with E-state index in [0.717, 1.165) is 77.0 Å². The first kappa shape index (κ1) is 58.8. The lowest BCUT2D eigenvalue weighted by molar-refractivity contribution is -0.332. The van der Waals surface area contributed by atoms with Crippen LogP contribution in [-0.2, 0) is 33.2 Å². The number of esters is 1. The van der Waals surface area contributed by atoms with Crippen LogP contribution in [0.25, 0.3) is 0 Å². The van der Waals surface area contributed by atoms with Crippen LogP contribution in [0.15, 0.2) is 60.8 Å². The Hall–Kier alpha value is -2.31. The molecule has 2 saturated heterocycles. The molecule has 65 heavy (non-hydrogen) atoms. The van der Waals surface area contributed by atoms with Crippen LogP contribution in [0.2, 0.25) is 0 Å². The van der Waals surface area contributed by atoms with Gasteiger partial charge in [0.1, 0.15) is 54.9 Å². The van der Waals surface area contributed by atoms with E-state index in [4.69, 9.17) is 28.4 Å². The van der Waals surface area contributed by atoms with Crippen molar-refractivity contribution in [2.24, 2.45) is 0 Å². The normalized spacial score (nSPS) is 27.0. The number of rotatable bonds is 38. The minimum absolute atomic E-state index is 0.0539. The summed E-state index contributed by atoms with van der Waals surface area (Å²) in [7, 11) is 0. The Bertz CT molecular complexity index is 1300. The van der Waals surface area contributed by atoms with E-state index in [2.05, 4.69) is 74.6 Å². The Balaban J connectivity index is 1.69. The van der Waals surface area contributed by atoms with Crippen LogP contribution in [0.5, 0.6) is 0 Å². The van der Waals surface area contributed by atoms with Gasteiger partial charge in [-0.3, -0.25) is 4.79 Å². The number of unbranched alkanes of at least 4 members (excludes halogenated alkanes) is 14. The van der Waals surface area contributed by atoms with Crippen LogP contribution in [0.1, 0.15) is 155 Å². The molecule has 2 aliphatic rings. The topological polar surface area (TPSA) is 214 Å². The smallest absolute Gasteiger partial charge is 0.306 e. The minimum atomic E-state index is -1.71. The maximum atomic E-state index is 12.9. The summed E-state index contributed by atoms with van der Waals surface area (Å²) in [5, 5.41) is 71.9. The largest absolute Gasteiger partial charge is 0.457 e. The van der Waals surface area contributed by atoms with E-state index in [-0.39, 0.29) is 25.6 Å². The zero-order valence-electron chi connectivity index (χ0n) is 39.7. The Kier molecular flexibility index (Phi) is 35.0. The van der Waals surface area contributed by atoms with Gasteiger partial charge in [-0.2, -0.15) is 0 Å². The standard InChI is InChI=1S/C51H88O14/c1-3-5-7-9-11-12-13-14-15-16-17-18-19-20-21-22-23-24-25-26-27-29-31-33-35-60-37-40(63-43(53)34-32-30-28-10-8-6-4-2)38-61-50-49(59)47(57)45(55)42(65-50)39-62-51-48(58)46(56)44(54)41(36-52)64-51/h5,7,11-12,14-15,17-18,20-21,40-42,44-52,54-59H,3-4,6,8-10,13,16,19,22-39H2,1-2H3/b7-5-,12-11-,15-14-,18-17-,21-20-. The highest BCUT2D eigenvalue weighted by Gasteiger charge is 2.47. The average molecular weight is 925 g/mol. The zero-order chi connectivity index (χ0) is 47.3. The van der Waals surface area contributed by atoms with Crippen molar-refractivity contribution in [3.63, 3.8) is 0 Å². The van der Waals surface area contributed by atoms with Crippen LogP contribution in [0.4, 0.5) is 0 Å². The van der Waals surface area contributed by atoms with Gasteiger partial charge in [0, 0.05) is 13.0 Å². The molecule has 2 aliphatic heterocycles. The second-order valence-corrected chi connectivity index (χ2v) is 17.3. The van der Waals surface area contributed by atoms with Crippen molar-refractivity contribution in [1.29, 1.82) is 0 Å². The van der Waals surface area contributed by atoms with Crippen LogP contribution >= 0.6 is 0 Å². The number of aliphatic hydroxyl groups excluding tert-OH is 7. The molecule has 0 aliphatic carbocycles. The first-order valence-electron chi connectivity index (χ1n) is 24.9. The Morgan fingerprint density at radius 3 is 1.57 bits per heavy atom. The second kappa shape index (κ2) is 38.6. The molecule has 2 heterocycles. The second-order valence-electron chi connectivity index (χ2n) is 17.3. The van der Waals surface area contributed by atoms with E-state index >= 15 is 0 Å². The fourth-order valence-corrected chi connectivity index (χ4v) is 7.49. The molecule has 14 heteroatoms. The molecule has 2 fully saturated rings. The van der Waals surface area contributed by atoms with Crippen LogP contribution in [0, 0.1) is 0 Å². The fraction of sp³-hybridized carbons (Fsp3) is 0.784. The summed E-state index contributed by atoms with van der Waals surface area (Å²) in [4.78, 5) is 12.9. The van der Waals surface area contributed by atoms with E-state index in [1.165, 1.54) is 51.4 Å². The highest BCUT2D eigenvalue weighted by molar-refractivity contribution is 5.69. The first-order chi connectivity index (χ1) is 31.6. The maximum Gasteiger partial charge on any atom is 0.306 e. The lowest BCUT2D eigenvalue weighted by atomic mass is 9.98. The van der Waals surface area contributed by atoms with Gasteiger partial charge in [0.15, 0.2) is 12.6 Å². The molecule has 376 valence electrons. The minimum Gasteiger partial charge on any atom is -0.457 e. The third kappa shape index (κ3) is 26.7. The lowest BCUT2D eigenvalue weighted by Crippen LogP contribution is -2.61. The number of carbonyl (C=O) groups is 1. The molecule has 0 saturated carbocycles. The van der Waals surface area contributed by atoms with Crippen LogP contribution in [0.3, 0.4) is 0 Å². The average Bonchev–Trinajstić information content (AvgIpc) is 3.30. The van der Waals surface area contributed by atoms with Gasteiger partial charge >= 0.3 is 5.97 Å². The molecule has 7 N–H and O–H groups in total. The van der Waals surface area contributed by atoms with Gasteiger partial charge in [-0.15, -0.1) is 0 Å². The molecule has 0 bridgehead atoms. The van der Waals surface area contributed by atoms with Gasteiger partial charge in [0.2, 0.25) is 0 Å². The number of hydrogen-bond acceptors (Lipinski definition) is 14. The van der Waals surface area contributed by atoms with Gasteiger partial charge in [-0.1, -0.05) is 152 Å². The molecule has 14 nitrogen and oxygen atoms in total. The lowest BCUT2D eigenvalue weighted by Gasteiger charge is -2.42. The van der Waals surface area contributed by atoms with Crippen LogP contribution < -0.4 is 0 Å². The summed E-state index contributed by atoms with van der Waals surface area (Å²) >= 11 is 0. The molecule has 0 aromatic carbocycles. The van der Waals surface area contributed by atoms with Crippen molar-refractivity contribution in [1.82, 2.24) is 0 Å². The summed E-state index contributed by atoms with van der Waals surface area (Å²) < 4.78 is 34.1. The summed E-state index contributed by atoms with van der Waals surface area (Å²) in [6.45, 7) is 3.48. The van der Waals surface area contributed by atoms with E-state index in [9.17, 15) is 40.5 Å².